The smallest absolute Gasteiger partial charge is 0.0510 e. The van der Waals surface area contributed by atoms with Gasteiger partial charge in [0.1, 0.15) is 0 Å². The Labute approximate surface area is 130 Å². The van der Waals surface area contributed by atoms with Crippen LogP contribution in [-0.4, -0.2) is 31.3 Å². The quantitative estimate of drug-likeness (QED) is 0.748. The van der Waals surface area contributed by atoms with Crippen molar-refractivity contribution in [2.24, 2.45) is 5.92 Å². The van der Waals surface area contributed by atoms with E-state index >= 15 is 0 Å². The Kier molecular flexibility index (Phi) is 6.33. The van der Waals surface area contributed by atoms with E-state index in [-0.39, 0.29) is 0 Å². The zero-order valence-corrected chi connectivity index (χ0v) is 13.8. The molecule has 0 amide bonds. The molecule has 1 aromatic rings. The van der Waals surface area contributed by atoms with Gasteiger partial charge in [-0.3, -0.25) is 0 Å². The SMILES string of the molecule is CCCNCc1ccc(N2CCC(CCO)C2)c(Br)c1. The molecule has 1 aliphatic heterocycles. The first-order valence-electron chi connectivity index (χ1n) is 7.59. The van der Waals surface area contributed by atoms with Crippen molar-refractivity contribution < 1.29 is 5.11 Å². The molecular weight excluding hydrogens is 316 g/mol. The van der Waals surface area contributed by atoms with E-state index in [1.54, 1.807) is 0 Å². The van der Waals surface area contributed by atoms with Gasteiger partial charge in [-0.25, -0.2) is 0 Å². The van der Waals surface area contributed by atoms with Crippen molar-refractivity contribution in [2.45, 2.75) is 32.7 Å². The highest BCUT2D eigenvalue weighted by Gasteiger charge is 2.23. The summed E-state index contributed by atoms with van der Waals surface area (Å²) in [5.41, 5.74) is 2.60. The summed E-state index contributed by atoms with van der Waals surface area (Å²) in [7, 11) is 0. The van der Waals surface area contributed by atoms with Crippen LogP contribution >= 0.6 is 15.9 Å². The monoisotopic (exact) mass is 340 g/mol. The minimum atomic E-state index is 0.307. The molecule has 1 unspecified atom stereocenters. The molecule has 3 nitrogen and oxygen atoms in total. The van der Waals surface area contributed by atoms with E-state index in [4.69, 9.17) is 5.11 Å². The first-order valence-corrected chi connectivity index (χ1v) is 8.38. The minimum Gasteiger partial charge on any atom is -0.396 e. The highest BCUT2D eigenvalue weighted by molar-refractivity contribution is 9.10. The number of nitrogens with one attached hydrogen (secondary N) is 1. The minimum absolute atomic E-state index is 0.307. The third-order valence-corrected chi connectivity index (χ3v) is 4.57. The van der Waals surface area contributed by atoms with E-state index < -0.39 is 0 Å². The van der Waals surface area contributed by atoms with Crippen LogP contribution in [0.25, 0.3) is 0 Å². The van der Waals surface area contributed by atoms with E-state index in [1.807, 2.05) is 0 Å². The van der Waals surface area contributed by atoms with Crippen molar-refractivity contribution in [1.29, 1.82) is 0 Å². The molecule has 0 saturated carbocycles. The Morgan fingerprint density at radius 2 is 2.30 bits per heavy atom. The lowest BCUT2D eigenvalue weighted by Crippen LogP contribution is -2.20. The summed E-state index contributed by atoms with van der Waals surface area (Å²) in [6.07, 6.45) is 3.28. The van der Waals surface area contributed by atoms with E-state index in [0.717, 1.165) is 32.6 Å². The summed E-state index contributed by atoms with van der Waals surface area (Å²) in [6, 6.07) is 6.65. The van der Waals surface area contributed by atoms with Crippen molar-refractivity contribution in [1.82, 2.24) is 5.32 Å². The second-order valence-electron chi connectivity index (χ2n) is 5.58. The van der Waals surface area contributed by atoms with Crippen LogP contribution in [0.1, 0.15) is 31.7 Å². The maximum absolute atomic E-state index is 9.04. The summed E-state index contributed by atoms with van der Waals surface area (Å²) in [5.74, 6) is 0.637. The van der Waals surface area contributed by atoms with Gasteiger partial charge >= 0.3 is 0 Å². The van der Waals surface area contributed by atoms with Crippen LogP contribution in [0.2, 0.25) is 0 Å². The molecule has 0 spiro atoms. The molecule has 20 heavy (non-hydrogen) atoms. The third kappa shape index (κ3) is 4.21. The Morgan fingerprint density at radius 1 is 1.45 bits per heavy atom. The van der Waals surface area contributed by atoms with Crippen molar-refractivity contribution in [3.05, 3.63) is 28.2 Å². The van der Waals surface area contributed by atoms with E-state index in [2.05, 4.69) is 51.3 Å². The average molecular weight is 341 g/mol. The topological polar surface area (TPSA) is 35.5 Å². The second kappa shape index (κ2) is 8.01. The van der Waals surface area contributed by atoms with Gasteiger partial charge in [-0.2, -0.15) is 0 Å². The van der Waals surface area contributed by atoms with Gasteiger partial charge in [-0.05, 0) is 65.4 Å². The zero-order chi connectivity index (χ0) is 14.4. The molecule has 4 heteroatoms. The first-order chi connectivity index (χ1) is 9.74. The van der Waals surface area contributed by atoms with Crippen LogP contribution in [0.15, 0.2) is 22.7 Å². The highest BCUT2D eigenvalue weighted by atomic mass is 79.9. The van der Waals surface area contributed by atoms with Crippen molar-refractivity contribution >= 4 is 21.6 Å². The third-order valence-electron chi connectivity index (χ3n) is 3.93. The number of benzene rings is 1. The Morgan fingerprint density at radius 3 is 3.00 bits per heavy atom. The summed E-state index contributed by atoms with van der Waals surface area (Å²) >= 11 is 3.71. The summed E-state index contributed by atoms with van der Waals surface area (Å²) in [4.78, 5) is 2.42. The number of anilines is 1. The number of aliphatic hydroxyl groups is 1. The molecular formula is C16H25BrN2O. The Hall–Kier alpha value is -0.580. The van der Waals surface area contributed by atoms with Gasteiger partial charge in [0.05, 0.1) is 5.69 Å². The lowest BCUT2D eigenvalue weighted by atomic mass is 10.1. The summed E-state index contributed by atoms with van der Waals surface area (Å²) in [6.45, 7) is 6.64. The van der Waals surface area contributed by atoms with Crippen LogP contribution < -0.4 is 10.2 Å². The highest BCUT2D eigenvalue weighted by Crippen LogP contribution is 2.32. The predicted molar refractivity (Wildman–Crippen MR) is 88.2 cm³/mol. The molecule has 112 valence electrons. The lowest BCUT2D eigenvalue weighted by Gasteiger charge is -2.21. The van der Waals surface area contributed by atoms with Crippen molar-refractivity contribution in [2.75, 3.05) is 31.1 Å². The maximum atomic E-state index is 9.04. The first kappa shape index (κ1) is 15.8. The fourth-order valence-electron chi connectivity index (χ4n) is 2.80. The summed E-state index contributed by atoms with van der Waals surface area (Å²) < 4.78 is 1.18. The van der Waals surface area contributed by atoms with Gasteiger partial charge in [0.25, 0.3) is 0 Å². The standard InChI is InChI=1S/C16H25BrN2O/c1-2-7-18-11-14-3-4-16(15(17)10-14)19-8-5-13(12-19)6-9-20/h3-4,10,13,18,20H,2,5-9,11-12H2,1H3. The molecule has 1 atom stereocenters. The molecule has 1 fully saturated rings. The fourth-order valence-corrected chi connectivity index (χ4v) is 3.47. The van der Waals surface area contributed by atoms with Crippen LogP contribution in [0.5, 0.6) is 0 Å². The van der Waals surface area contributed by atoms with Crippen molar-refractivity contribution in [3.63, 3.8) is 0 Å². The van der Waals surface area contributed by atoms with E-state index in [0.29, 0.717) is 12.5 Å². The summed E-state index contributed by atoms with van der Waals surface area (Å²) in [5, 5.41) is 12.5. The molecule has 0 aliphatic carbocycles. The zero-order valence-electron chi connectivity index (χ0n) is 12.2. The number of halogens is 1. The Bertz CT molecular complexity index is 425. The lowest BCUT2D eigenvalue weighted by molar-refractivity contribution is 0.263. The maximum Gasteiger partial charge on any atom is 0.0510 e. The van der Waals surface area contributed by atoms with Gasteiger partial charge in [-0.15, -0.1) is 0 Å². The number of rotatable bonds is 7. The van der Waals surface area contributed by atoms with Gasteiger partial charge in [0.2, 0.25) is 0 Å². The Balaban J connectivity index is 1.96. The number of aliphatic hydroxyl groups excluding tert-OH is 1. The fraction of sp³-hybridized carbons (Fsp3) is 0.625. The van der Waals surface area contributed by atoms with Gasteiger partial charge in [-0.1, -0.05) is 13.0 Å². The van der Waals surface area contributed by atoms with Crippen LogP contribution in [0, 0.1) is 5.92 Å². The molecule has 2 N–H and O–H groups in total. The number of nitrogens with zero attached hydrogens (tertiary/aromatic N) is 1. The predicted octanol–water partition coefficient (Wildman–Crippen LogP) is 3.16. The molecule has 1 saturated heterocycles. The molecule has 0 bridgehead atoms. The average Bonchev–Trinajstić information content (AvgIpc) is 2.88. The number of hydrogen-bond donors (Lipinski definition) is 2. The van der Waals surface area contributed by atoms with E-state index in [9.17, 15) is 0 Å². The van der Waals surface area contributed by atoms with E-state index in [1.165, 1.54) is 28.6 Å². The molecule has 2 rings (SSSR count). The van der Waals surface area contributed by atoms with Crippen LogP contribution in [0.3, 0.4) is 0 Å². The van der Waals surface area contributed by atoms with Gasteiger partial charge < -0.3 is 15.3 Å². The molecule has 0 radical (unpaired) electrons. The van der Waals surface area contributed by atoms with Crippen molar-refractivity contribution in [3.8, 4) is 0 Å². The van der Waals surface area contributed by atoms with Crippen LogP contribution in [-0.2, 0) is 6.54 Å². The molecule has 1 heterocycles. The normalized spacial score (nSPS) is 18.8. The van der Waals surface area contributed by atoms with Gasteiger partial charge in [0.15, 0.2) is 0 Å². The number of hydrogen-bond acceptors (Lipinski definition) is 3. The van der Waals surface area contributed by atoms with Crippen LogP contribution in [0.4, 0.5) is 5.69 Å². The molecule has 1 aliphatic rings. The second-order valence-corrected chi connectivity index (χ2v) is 6.43. The molecule has 1 aromatic carbocycles. The molecule has 0 aromatic heterocycles. The van der Waals surface area contributed by atoms with Gasteiger partial charge in [0, 0.05) is 30.7 Å². The largest absolute Gasteiger partial charge is 0.396 e.